The molecule has 7 heteroatoms. The molecule has 1 aliphatic rings. The van der Waals surface area contributed by atoms with Crippen LogP contribution in [0, 0.1) is 10.1 Å². The second-order valence-corrected chi connectivity index (χ2v) is 5.03. The first-order valence-corrected chi connectivity index (χ1v) is 6.90. The van der Waals surface area contributed by atoms with E-state index >= 15 is 0 Å². The summed E-state index contributed by atoms with van der Waals surface area (Å²) in [4.78, 5) is 24.9. The SMILES string of the molecule is CNc1ccc([N+](=O)[O-])c(C(=O)N2CCCOC(C)C2)c1. The molecule has 0 spiro atoms. The monoisotopic (exact) mass is 293 g/mol. The molecular weight excluding hydrogens is 274 g/mol. The molecule has 0 saturated carbocycles. The number of carbonyl (C=O) groups excluding carboxylic acids is 1. The Morgan fingerprint density at radius 2 is 2.29 bits per heavy atom. The van der Waals surface area contributed by atoms with Gasteiger partial charge in [0.15, 0.2) is 0 Å². The van der Waals surface area contributed by atoms with Gasteiger partial charge in [-0.2, -0.15) is 0 Å². The van der Waals surface area contributed by atoms with Crippen LogP contribution in [0.5, 0.6) is 0 Å². The number of ether oxygens (including phenoxy) is 1. The number of nitro groups is 1. The molecule has 1 N–H and O–H groups in total. The Bertz CT molecular complexity index is 547. The molecule has 21 heavy (non-hydrogen) atoms. The van der Waals surface area contributed by atoms with E-state index in [9.17, 15) is 14.9 Å². The number of nitrogens with zero attached hydrogens (tertiary/aromatic N) is 2. The van der Waals surface area contributed by atoms with E-state index in [0.717, 1.165) is 6.42 Å². The highest BCUT2D eigenvalue weighted by Crippen LogP contribution is 2.24. The number of hydrogen-bond acceptors (Lipinski definition) is 5. The molecule has 1 fully saturated rings. The minimum Gasteiger partial charge on any atom is -0.388 e. The van der Waals surface area contributed by atoms with E-state index in [0.29, 0.717) is 25.4 Å². The van der Waals surface area contributed by atoms with Gasteiger partial charge in [0, 0.05) is 38.5 Å². The van der Waals surface area contributed by atoms with E-state index in [-0.39, 0.29) is 23.3 Å². The second-order valence-electron chi connectivity index (χ2n) is 5.03. The van der Waals surface area contributed by atoms with Crippen LogP contribution >= 0.6 is 0 Å². The highest BCUT2D eigenvalue weighted by molar-refractivity contribution is 5.99. The third kappa shape index (κ3) is 3.49. The lowest BCUT2D eigenvalue weighted by molar-refractivity contribution is -0.385. The van der Waals surface area contributed by atoms with Crippen LogP contribution in [0.4, 0.5) is 11.4 Å². The van der Waals surface area contributed by atoms with Crippen molar-refractivity contribution in [3.8, 4) is 0 Å². The average molecular weight is 293 g/mol. The largest absolute Gasteiger partial charge is 0.388 e. The Balaban J connectivity index is 2.34. The molecule has 2 rings (SSSR count). The van der Waals surface area contributed by atoms with Crippen LogP contribution in [0.15, 0.2) is 18.2 Å². The Hall–Kier alpha value is -2.15. The van der Waals surface area contributed by atoms with Crippen LogP contribution in [0.2, 0.25) is 0 Å². The number of amides is 1. The van der Waals surface area contributed by atoms with Gasteiger partial charge in [0.25, 0.3) is 11.6 Å². The van der Waals surface area contributed by atoms with Crippen LogP contribution in [-0.2, 0) is 4.74 Å². The smallest absolute Gasteiger partial charge is 0.282 e. The van der Waals surface area contributed by atoms with Gasteiger partial charge in [0.1, 0.15) is 5.56 Å². The van der Waals surface area contributed by atoms with Gasteiger partial charge in [-0.05, 0) is 25.5 Å². The van der Waals surface area contributed by atoms with Gasteiger partial charge in [-0.15, -0.1) is 0 Å². The Morgan fingerprint density at radius 1 is 1.52 bits per heavy atom. The van der Waals surface area contributed by atoms with Crippen LogP contribution in [0.1, 0.15) is 23.7 Å². The van der Waals surface area contributed by atoms with Crippen molar-refractivity contribution in [3.63, 3.8) is 0 Å². The molecule has 1 aliphatic heterocycles. The molecule has 1 unspecified atom stereocenters. The molecule has 1 heterocycles. The summed E-state index contributed by atoms with van der Waals surface area (Å²) in [6, 6.07) is 4.47. The minimum absolute atomic E-state index is 0.0667. The van der Waals surface area contributed by atoms with Crippen molar-refractivity contribution in [3.05, 3.63) is 33.9 Å². The van der Waals surface area contributed by atoms with Crippen LogP contribution in [0.3, 0.4) is 0 Å². The third-order valence-corrected chi connectivity index (χ3v) is 3.45. The number of rotatable bonds is 3. The average Bonchev–Trinajstić information content (AvgIpc) is 2.70. The van der Waals surface area contributed by atoms with Gasteiger partial charge >= 0.3 is 0 Å². The third-order valence-electron chi connectivity index (χ3n) is 3.45. The number of anilines is 1. The number of benzene rings is 1. The van der Waals surface area contributed by atoms with Gasteiger partial charge < -0.3 is 15.0 Å². The lowest BCUT2D eigenvalue weighted by Crippen LogP contribution is -2.36. The normalized spacial score (nSPS) is 19.0. The molecule has 1 aromatic rings. The number of nitro benzene ring substituents is 1. The molecule has 0 aromatic heterocycles. The van der Waals surface area contributed by atoms with Crippen LogP contribution in [-0.4, -0.2) is 48.6 Å². The highest BCUT2D eigenvalue weighted by atomic mass is 16.6. The topological polar surface area (TPSA) is 84.7 Å². The summed E-state index contributed by atoms with van der Waals surface area (Å²) in [5.74, 6) is -0.323. The van der Waals surface area contributed by atoms with E-state index in [1.165, 1.54) is 12.1 Å². The fourth-order valence-corrected chi connectivity index (χ4v) is 2.37. The highest BCUT2D eigenvalue weighted by Gasteiger charge is 2.27. The molecular formula is C14H19N3O4. The van der Waals surface area contributed by atoms with Crippen molar-refractivity contribution < 1.29 is 14.5 Å². The predicted octanol–water partition coefficient (Wildman–Crippen LogP) is 1.89. The van der Waals surface area contributed by atoms with Crippen LogP contribution in [0.25, 0.3) is 0 Å². The fourth-order valence-electron chi connectivity index (χ4n) is 2.37. The minimum atomic E-state index is -0.523. The summed E-state index contributed by atoms with van der Waals surface area (Å²) in [5, 5.41) is 14.0. The van der Waals surface area contributed by atoms with Gasteiger partial charge in [-0.1, -0.05) is 0 Å². The predicted molar refractivity (Wildman–Crippen MR) is 78.6 cm³/mol. The van der Waals surface area contributed by atoms with E-state index in [1.807, 2.05) is 6.92 Å². The zero-order chi connectivity index (χ0) is 15.4. The van der Waals surface area contributed by atoms with Crippen molar-refractivity contribution in [1.82, 2.24) is 4.90 Å². The quantitative estimate of drug-likeness (QED) is 0.679. The molecule has 1 amide bonds. The maximum Gasteiger partial charge on any atom is 0.282 e. The summed E-state index contributed by atoms with van der Waals surface area (Å²) in [7, 11) is 1.71. The number of nitrogens with one attached hydrogen (secondary N) is 1. The van der Waals surface area contributed by atoms with E-state index in [4.69, 9.17) is 4.74 Å². The second kappa shape index (κ2) is 6.53. The van der Waals surface area contributed by atoms with Crippen molar-refractivity contribution in [2.75, 3.05) is 32.1 Å². The number of hydrogen-bond donors (Lipinski definition) is 1. The maximum absolute atomic E-state index is 12.6. The lowest BCUT2D eigenvalue weighted by Gasteiger charge is -2.22. The Kier molecular flexibility index (Phi) is 4.74. The van der Waals surface area contributed by atoms with Crippen molar-refractivity contribution >= 4 is 17.3 Å². The first-order chi connectivity index (χ1) is 10.0. The van der Waals surface area contributed by atoms with Gasteiger partial charge in [-0.25, -0.2) is 0 Å². The molecule has 0 bridgehead atoms. The molecule has 0 radical (unpaired) electrons. The fraction of sp³-hybridized carbons (Fsp3) is 0.500. The Labute approximate surface area is 123 Å². The number of carbonyl (C=O) groups is 1. The Morgan fingerprint density at radius 3 is 2.95 bits per heavy atom. The van der Waals surface area contributed by atoms with Gasteiger partial charge in [0.2, 0.25) is 0 Å². The first-order valence-electron chi connectivity index (χ1n) is 6.90. The molecule has 0 aliphatic carbocycles. The van der Waals surface area contributed by atoms with E-state index in [2.05, 4.69) is 5.32 Å². The summed E-state index contributed by atoms with van der Waals surface area (Å²) in [6.07, 6.45) is 0.665. The molecule has 114 valence electrons. The summed E-state index contributed by atoms with van der Waals surface area (Å²) in [6.45, 7) is 3.48. The first kappa shape index (κ1) is 15.2. The zero-order valence-corrected chi connectivity index (χ0v) is 12.2. The standard InChI is InChI=1S/C14H19N3O4/c1-10-9-16(6-3-7-21-10)14(18)12-8-11(15-2)4-5-13(12)17(19)20/h4-5,8,10,15H,3,6-7,9H2,1-2H3. The van der Waals surface area contributed by atoms with Gasteiger partial charge in [0.05, 0.1) is 11.0 Å². The van der Waals surface area contributed by atoms with Gasteiger partial charge in [-0.3, -0.25) is 14.9 Å². The van der Waals surface area contributed by atoms with E-state index < -0.39 is 4.92 Å². The van der Waals surface area contributed by atoms with Crippen LogP contribution < -0.4 is 5.32 Å². The molecule has 1 aromatic carbocycles. The lowest BCUT2D eigenvalue weighted by atomic mass is 10.1. The molecule has 1 atom stereocenters. The molecule has 7 nitrogen and oxygen atoms in total. The summed E-state index contributed by atoms with van der Waals surface area (Å²) < 4.78 is 5.50. The molecule has 1 saturated heterocycles. The van der Waals surface area contributed by atoms with Crippen molar-refractivity contribution in [2.24, 2.45) is 0 Å². The van der Waals surface area contributed by atoms with E-state index in [1.54, 1.807) is 18.0 Å². The van der Waals surface area contributed by atoms with Crippen molar-refractivity contribution in [2.45, 2.75) is 19.4 Å². The maximum atomic E-state index is 12.6. The summed E-state index contributed by atoms with van der Waals surface area (Å²) >= 11 is 0. The van der Waals surface area contributed by atoms with Crippen molar-refractivity contribution in [1.29, 1.82) is 0 Å². The zero-order valence-electron chi connectivity index (χ0n) is 12.2. The summed E-state index contributed by atoms with van der Waals surface area (Å²) in [5.41, 5.74) is 0.612.